The summed E-state index contributed by atoms with van der Waals surface area (Å²) < 4.78 is 0.310. The van der Waals surface area contributed by atoms with Crippen LogP contribution >= 0.6 is 23.1 Å². The van der Waals surface area contributed by atoms with E-state index in [1.807, 2.05) is 6.26 Å². The average Bonchev–Trinajstić information content (AvgIpc) is 2.53. The highest BCUT2D eigenvalue weighted by Gasteiger charge is 2.15. The number of amides is 1. The van der Waals surface area contributed by atoms with Crippen LogP contribution in [0.4, 0.5) is 5.13 Å². The number of thioether (sulfide) groups is 1. The van der Waals surface area contributed by atoms with Crippen LogP contribution in [-0.4, -0.2) is 40.1 Å². The molecule has 0 atom stereocenters. The van der Waals surface area contributed by atoms with Crippen molar-refractivity contribution in [1.29, 1.82) is 0 Å². The molecule has 0 aliphatic heterocycles. The number of anilines is 1. The summed E-state index contributed by atoms with van der Waals surface area (Å²) in [6, 6.07) is 0. The van der Waals surface area contributed by atoms with Crippen LogP contribution in [0.15, 0.2) is 6.20 Å². The maximum Gasteiger partial charge on any atom is 0.500 e. The molecule has 0 fully saturated rings. The van der Waals surface area contributed by atoms with Crippen LogP contribution < -0.4 is 10.1 Å². The molecule has 1 heterocycles. The lowest BCUT2D eigenvalue weighted by Gasteiger charge is -1.97. The van der Waals surface area contributed by atoms with Gasteiger partial charge in [-0.25, -0.2) is 4.98 Å². The first-order chi connectivity index (χ1) is 6.63. The summed E-state index contributed by atoms with van der Waals surface area (Å²) in [6.45, 7) is 0. The van der Waals surface area contributed by atoms with Crippen molar-refractivity contribution < 1.29 is 14.8 Å². The van der Waals surface area contributed by atoms with Gasteiger partial charge in [-0.1, -0.05) is 0 Å². The molecule has 3 N–H and O–H groups in total. The second-order valence-corrected chi connectivity index (χ2v) is 4.35. The maximum atomic E-state index is 11.1. The Morgan fingerprint density at radius 2 is 2.50 bits per heavy atom. The Labute approximate surface area is 89.7 Å². The van der Waals surface area contributed by atoms with Gasteiger partial charge in [-0.15, -0.1) is 11.3 Å². The molecule has 8 heteroatoms. The fourth-order valence-electron chi connectivity index (χ4n) is 0.750. The van der Waals surface area contributed by atoms with Crippen LogP contribution in [0.25, 0.3) is 0 Å². The van der Waals surface area contributed by atoms with Crippen molar-refractivity contribution in [2.45, 2.75) is 0 Å². The molecule has 14 heavy (non-hydrogen) atoms. The number of nitrogens with one attached hydrogen (secondary N) is 1. The van der Waals surface area contributed by atoms with Gasteiger partial charge in [0.2, 0.25) is 5.91 Å². The number of rotatable bonds is 4. The Balaban J connectivity index is 2.55. The Morgan fingerprint density at radius 1 is 1.79 bits per heavy atom. The lowest BCUT2D eigenvalue weighted by atomic mass is 9.91. The van der Waals surface area contributed by atoms with Crippen molar-refractivity contribution in [3.63, 3.8) is 0 Å². The summed E-state index contributed by atoms with van der Waals surface area (Å²) in [7, 11) is -1.53. The van der Waals surface area contributed by atoms with Gasteiger partial charge in [0, 0.05) is 6.20 Å². The second-order valence-electron chi connectivity index (χ2n) is 2.42. The molecule has 0 aromatic carbocycles. The van der Waals surface area contributed by atoms with E-state index in [0.717, 1.165) is 11.3 Å². The molecule has 1 rings (SSSR count). The Morgan fingerprint density at radius 3 is 3.00 bits per heavy atom. The maximum absolute atomic E-state index is 11.1. The number of aromatic nitrogens is 1. The van der Waals surface area contributed by atoms with Gasteiger partial charge >= 0.3 is 7.12 Å². The summed E-state index contributed by atoms with van der Waals surface area (Å²) >= 11 is 2.45. The molecule has 1 amide bonds. The standard InChI is InChI=1S/C6H9BN2O3S2/c1-13-3-5(10)9-6-8-2-4(14-6)7(11)12/h2,11-12H,3H2,1H3,(H,8,9,10). The Bertz CT molecular complexity index is 318. The van der Waals surface area contributed by atoms with Gasteiger partial charge in [-0.05, 0) is 6.26 Å². The zero-order chi connectivity index (χ0) is 10.6. The van der Waals surface area contributed by atoms with E-state index in [2.05, 4.69) is 10.3 Å². The molecule has 0 aliphatic rings. The molecule has 1 aromatic heterocycles. The van der Waals surface area contributed by atoms with Crippen molar-refractivity contribution in [2.24, 2.45) is 0 Å². The van der Waals surface area contributed by atoms with E-state index < -0.39 is 7.12 Å². The Kier molecular flexibility index (Phi) is 4.40. The summed E-state index contributed by atoms with van der Waals surface area (Å²) in [5.74, 6) is 0.210. The van der Waals surface area contributed by atoms with E-state index in [4.69, 9.17) is 10.0 Å². The van der Waals surface area contributed by atoms with E-state index in [-0.39, 0.29) is 5.91 Å². The zero-order valence-electron chi connectivity index (χ0n) is 7.43. The molecule has 0 radical (unpaired) electrons. The molecule has 5 nitrogen and oxygen atoms in total. The van der Waals surface area contributed by atoms with Crippen molar-refractivity contribution in [2.75, 3.05) is 17.3 Å². The van der Waals surface area contributed by atoms with Gasteiger partial charge < -0.3 is 15.4 Å². The fourth-order valence-corrected chi connectivity index (χ4v) is 1.79. The Hall–Kier alpha value is -0.565. The van der Waals surface area contributed by atoms with Crippen LogP contribution in [0.3, 0.4) is 0 Å². The van der Waals surface area contributed by atoms with Gasteiger partial charge in [0.15, 0.2) is 5.13 Å². The minimum absolute atomic E-state index is 0.147. The van der Waals surface area contributed by atoms with Crippen LogP contribution in [-0.2, 0) is 4.79 Å². The molecule has 0 unspecified atom stereocenters. The zero-order valence-corrected chi connectivity index (χ0v) is 9.06. The van der Waals surface area contributed by atoms with Gasteiger partial charge in [0.05, 0.1) is 10.5 Å². The fraction of sp³-hybridized carbons (Fsp3) is 0.333. The first-order valence-corrected chi connectivity index (χ1v) is 5.95. The van der Waals surface area contributed by atoms with Crippen LogP contribution in [0, 0.1) is 0 Å². The number of nitrogens with zero attached hydrogens (tertiary/aromatic N) is 1. The second kappa shape index (κ2) is 5.35. The number of hydrogen-bond acceptors (Lipinski definition) is 6. The minimum Gasteiger partial charge on any atom is -0.423 e. The van der Waals surface area contributed by atoms with E-state index in [0.29, 0.717) is 15.7 Å². The first kappa shape index (κ1) is 11.5. The predicted molar refractivity (Wildman–Crippen MR) is 59.0 cm³/mol. The molecule has 0 aliphatic carbocycles. The third kappa shape index (κ3) is 3.30. The van der Waals surface area contributed by atoms with E-state index in [9.17, 15) is 4.79 Å². The monoisotopic (exact) mass is 232 g/mol. The van der Waals surface area contributed by atoms with Crippen molar-refractivity contribution in [1.82, 2.24) is 4.98 Å². The molecule has 0 saturated heterocycles. The van der Waals surface area contributed by atoms with Crippen molar-refractivity contribution in [3.05, 3.63) is 6.20 Å². The number of carbonyl (C=O) groups is 1. The van der Waals surface area contributed by atoms with Crippen LogP contribution in [0.1, 0.15) is 0 Å². The largest absolute Gasteiger partial charge is 0.500 e. The SMILES string of the molecule is CSCC(=O)Nc1ncc(B(O)O)s1. The smallest absolute Gasteiger partial charge is 0.423 e. The third-order valence-electron chi connectivity index (χ3n) is 1.30. The third-order valence-corrected chi connectivity index (χ3v) is 2.80. The van der Waals surface area contributed by atoms with E-state index in [1.54, 1.807) is 0 Å². The normalized spacial score (nSPS) is 9.93. The lowest BCUT2D eigenvalue weighted by molar-refractivity contribution is -0.113. The molecule has 1 aromatic rings. The predicted octanol–water partition coefficient (Wildman–Crippen LogP) is -0.876. The number of hydrogen-bond donors (Lipinski definition) is 3. The molecular formula is C6H9BN2O3S2. The summed E-state index contributed by atoms with van der Waals surface area (Å²) in [4.78, 5) is 14.9. The van der Waals surface area contributed by atoms with Gasteiger partial charge in [0.1, 0.15) is 0 Å². The number of thiazole rings is 1. The molecule has 76 valence electrons. The molecule has 0 bridgehead atoms. The highest BCUT2D eigenvalue weighted by atomic mass is 32.2. The van der Waals surface area contributed by atoms with Crippen LogP contribution in [0.2, 0.25) is 0 Å². The summed E-state index contributed by atoms with van der Waals surface area (Å²) in [5, 5.41) is 20.5. The topological polar surface area (TPSA) is 82.5 Å². The summed E-state index contributed by atoms with van der Waals surface area (Å²) in [6.07, 6.45) is 3.15. The quantitative estimate of drug-likeness (QED) is 0.587. The molecular weight excluding hydrogens is 223 g/mol. The van der Waals surface area contributed by atoms with Gasteiger partial charge in [0.25, 0.3) is 0 Å². The lowest BCUT2D eigenvalue weighted by Crippen LogP contribution is -2.26. The molecule has 0 saturated carbocycles. The first-order valence-electron chi connectivity index (χ1n) is 3.74. The van der Waals surface area contributed by atoms with Crippen molar-refractivity contribution in [3.8, 4) is 0 Å². The highest BCUT2D eigenvalue weighted by molar-refractivity contribution is 7.99. The minimum atomic E-state index is -1.53. The summed E-state index contributed by atoms with van der Waals surface area (Å²) in [5.41, 5.74) is 0. The van der Waals surface area contributed by atoms with Gasteiger partial charge in [-0.2, -0.15) is 11.8 Å². The highest BCUT2D eigenvalue weighted by Crippen LogP contribution is 2.09. The van der Waals surface area contributed by atoms with E-state index in [1.165, 1.54) is 18.0 Å². The molecule has 0 spiro atoms. The van der Waals surface area contributed by atoms with E-state index >= 15 is 0 Å². The van der Waals surface area contributed by atoms with Crippen molar-refractivity contribution >= 4 is 46.0 Å². The number of carbonyl (C=O) groups excluding carboxylic acids is 1. The average molecular weight is 232 g/mol. The van der Waals surface area contributed by atoms with Gasteiger partial charge in [-0.3, -0.25) is 4.79 Å². The van der Waals surface area contributed by atoms with Crippen LogP contribution in [0.5, 0.6) is 0 Å².